The molecule has 20 heavy (non-hydrogen) atoms. The normalized spacial score (nSPS) is 18.1. The average molecular weight is 276 g/mol. The minimum Gasteiger partial charge on any atom is -0.454 e. The van der Waals surface area contributed by atoms with Gasteiger partial charge in [-0.25, -0.2) is 4.79 Å². The summed E-state index contributed by atoms with van der Waals surface area (Å²) in [5.74, 6) is -0.283. The van der Waals surface area contributed by atoms with Crippen LogP contribution in [-0.2, 0) is 14.3 Å². The summed E-state index contributed by atoms with van der Waals surface area (Å²) in [5.41, 5.74) is 0.996. The standard InChI is InChI=1S/C16H21NO3/c1-14(13-17-9-11-19-12-10-17)20-16(18)8-7-15-5-3-2-4-6-15/h2-8,14H,9-13H2,1H3/p+1/b8-7+/t14-/m1/s1. The Labute approximate surface area is 120 Å². The van der Waals surface area contributed by atoms with Crippen LogP contribution in [-0.4, -0.2) is 44.9 Å². The molecule has 0 bridgehead atoms. The summed E-state index contributed by atoms with van der Waals surface area (Å²) in [6.45, 7) is 6.35. The van der Waals surface area contributed by atoms with Crippen LogP contribution in [0.3, 0.4) is 0 Å². The lowest BCUT2D eigenvalue weighted by Gasteiger charge is -2.25. The van der Waals surface area contributed by atoms with E-state index in [2.05, 4.69) is 0 Å². The molecule has 4 nitrogen and oxygen atoms in total. The second kappa shape index (κ2) is 7.82. The second-order valence-electron chi connectivity index (χ2n) is 5.06. The third-order valence-electron chi connectivity index (χ3n) is 3.30. The first-order chi connectivity index (χ1) is 9.74. The Bertz CT molecular complexity index is 438. The van der Waals surface area contributed by atoms with Gasteiger partial charge in [0.25, 0.3) is 0 Å². The van der Waals surface area contributed by atoms with Gasteiger partial charge in [-0.15, -0.1) is 0 Å². The minimum atomic E-state index is -0.283. The molecule has 0 saturated carbocycles. The molecule has 0 aromatic heterocycles. The van der Waals surface area contributed by atoms with Crippen molar-refractivity contribution in [3.63, 3.8) is 0 Å². The molecule has 0 unspecified atom stereocenters. The summed E-state index contributed by atoms with van der Waals surface area (Å²) in [5, 5.41) is 0. The average Bonchev–Trinajstić information content (AvgIpc) is 2.47. The molecule has 0 amide bonds. The van der Waals surface area contributed by atoms with E-state index in [0.717, 1.165) is 38.4 Å². The molecule has 1 fully saturated rings. The van der Waals surface area contributed by atoms with Crippen LogP contribution in [0.25, 0.3) is 6.08 Å². The van der Waals surface area contributed by atoms with Gasteiger partial charge in [0.15, 0.2) is 0 Å². The maximum absolute atomic E-state index is 11.7. The molecular weight excluding hydrogens is 254 g/mol. The van der Waals surface area contributed by atoms with E-state index in [1.165, 1.54) is 11.0 Å². The zero-order valence-corrected chi connectivity index (χ0v) is 11.9. The Hall–Kier alpha value is -1.65. The molecule has 1 heterocycles. The summed E-state index contributed by atoms with van der Waals surface area (Å²) >= 11 is 0. The summed E-state index contributed by atoms with van der Waals surface area (Å²) in [6.07, 6.45) is 3.19. The first-order valence-electron chi connectivity index (χ1n) is 7.09. The largest absolute Gasteiger partial charge is 0.454 e. The van der Waals surface area contributed by atoms with Gasteiger partial charge in [-0.2, -0.15) is 0 Å². The molecule has 0 radical (unpaired) electrons. The van der Waals surface area contributed by atoms with Crippen molar-refractivity contribution in [2.24, 2.45) is 0 Å². The van der Waals surface area contributed by atoms with Crippen LogP contribution >= 0.6 is 0 Å². The van der Waals surface area contributed by atoms with Crippen LogP contribution < -0.4 is 4.90 Å². The van der Waals surface area contributed by atoms with Crippen LogP contribution in [0.2, 0.25) is 0 Å². The lowest BCUT2D eigenvalue weighted by atomic mass is 10.2. The van der Waals surface area contributed by atoms with E-state index in [1.807, 2.05) is 37.3 Å². The van der Waals surface area contributed by atoms with Crippen LogP contribution in [0.5, 0.6) is 0 Å². The number of hydrogen-bond donors (Lipinski definition) is 1. The van der Waals surface area contributed by atoms with Crippen LogP contribution in [0.1, 0.15) is 12.5 Å². The predicted molar refractivity (Wildman–Crippen MR) is 77.4 cm³/mol. The maximum Gasteiger partial charge on any atom is 0.331 e. The van der Waals surface area contributed by atoms with Crippen molar-refractivity contribution in [2.45, 2.75) is 13.0 Å². The zero-order chi connectivity index (χ0) is 14.2. The highest BCUT2D eigenvalue weighted by Gasteiger charge is 2.18. The van der Waals surface area contributed by atoms with E-state index in [-0.39, 0.29) is 12.1 Å². The van der Waals surface area contributed by atoms with E-state index in [4.69, 9.17) is 9.47 Å². The van der Waals surface area contributed by atoms with Crippen molar-refractivity contribution in [1.29, 1.82) is 0 Å². The third kappa shape index (κ3) is 5.15. The molecule has 4 heteroatoms. The van der Waals surface area contributed by atoms with Crippen molar-refractivity contribution in [1.82, 2.24) is 0 Å². The Morgan fingerprint density at radius 1 is 1.35 bits per heavy atom. The number of ether oxygens (including phenoxy) is 2. The Morgan fingerprint density at radius 2 is 2.05 bits per heavy atom. The van der Waals surface area contributed by atoms with E-state index in [0.29, 0.717) is 0 Å². The first-order valence-corrected chi connectivity index (χ1v) is 7.09. The van der Waals surface area contributed by atoms with E-state index >= 15 is 0 Å². The zero-order valence-electron chi connectivity index (χ0n) is 11.9. The van der Waals surface area contributed by atoms with Crippen molar-refractivity contribution in [3.8, 4) is 0 Å². The lowest BCUT2D eigenvalue weighted by molar-refractivity contribution is -0.910. The molecule has 1 aromatic carbocycles. The maximum atomic E-state index is 11.7. The second-order valence-corrected chi connectivity index (χ2v) is 5.06. The molecule has 0 aliphatic carbocycles. The van der Waals surface area contributed by atoms with E-state index in [1.54, 1.807) is 6.08 Å². The van der Waals surface area contributed by atoms with Gasteiger partial charge in [0, 0.05) is 6.08 Å². The topological polar surface area (TPSA) is 40.0 Å². The van der Waals surface area contributed by atoms with Crippen LogP contribution in [0.15, 0.2) is 36.4 Å². The Morgan fingerprint density at radius 3 is 2.75 bits per heavy atom. The van der Waals surface area contributed by atoms with Gasteiger partial charge < -0.3 is 14.4 Å². The van der Waals surface area contributed by atoms with Gasteiger partial charge >= 0.3 is 5.97 Å². The molecule has 1 N–H and O–H groups in total. The number of nitrogens with one attached hydrogen (secondary N) is 1. The summed E-state index contributed by atoms with van der Waals surface area (Å²) in [7, 11) is 0. The number of esters is 1. The predicted octanol–water partition coefficient (Wildman–Crippen LogP) is 0.547. The highest BCUT2D eigenvalue weighted by molar-refractivity contribution is 5.87. The van der Waals surface area contributed by atoms with Gasteiger partial charge in [0.2, 0.25) is 0 Å². The smallest absolute Gasteiger partial charge is 0.331 e. The molecule has 1 aliphatic heterocycles. The molecule has 1 aromatic rings. The number of morpholine rings is 1. The third-order valence-corrected chi connectivity index (χ3v) is 3.30. The fraction of sp³-hybridized carbons (Fsp3) is 0.438. The fourth-order valence-electron chi connectivity index (χ4n) is 2.28. The fourth-order valence-corrected chi connectivity index (χ4v) is 2.28. The monoisotopic (exact) mass is 276 g/mol. The van der Waals surface area contributed by atoms with Crippen molar-refractivity contribution in [3.05, 3.63) is 42.0 Å². The lowest BCUT2D eigenvalue weighted by Crippen LogP contribution is -3.15. The Balaban J connectivity index is 1.74. The van der Waals surface area contributed by atoms with E-state index < -0.39 is 0 Å². The SMILES string of the molecule is C[C@H](C[NH+]1CCOCC1)OC(=O)/C=C/c1ccccc1. The van der Waals surface area contributed by atoms with Crippen molar-refractivity contribution in [2.75, 3.05) is 32.8 Å². The quantitative estimate of drug-likeness (QED) is 0.630. The summed E-state index contributed by atoms with van der Waals surface area (Å²) in [4.78, 5) is 13.2. The highest BCUT2D eigenvalue weighted by Crippen LogP contribution is 2.01. The molecular formula is C16H22NO3+. The van der Waals surface area contributed by atoms with E-state index in [9.17, 15) is 4.79 Å². The molecule has 2 rings (SSSR count). The number of carbonyl (C=O) groups excluding carboxylic acids is 1. The molecule has 1 saturated heterocycles. The van der Waals surface area contributed by atoms with Gasteiger partial charge in [-0.1, -0.05) is 30.3 Å². The van der Waals surface area contributed by atoms with Crippen molar-refractivity contribution < 1.29 is 19.2 Å². The minimum absolute atomic E-state index is 0.0731. The number of hydrogen-bond acceptors (Lipinski definition) is 3. The number of quaternary nitrogens is 1. The van der Waals surface area contributed by atoms with Gasteiger partial charge in [-0.05, 0) is 18.6 Å². The molecule has 108 valence electrons. The highest BCUT2D eigenvalue weighted by atomic mass is 16.5. The van der Waals surface area contributed by atoms with Crippen LogP contribution in [0, 0.1) is 0 Å². The summed E-state index contributed by atoms with van der Waals surface area (Å²) in [6, 6.07) is 9.73. The van der Waals surface area contributed by atoms with Gasteiger partial charge in [-0.3, -0.25) is 0 Å². The Kier molecular flexibility index (Phi) is 5.77. The summed E-state index contributed by atoms with van der Waals surface area (Å²) < 4.78 is 10.7. The molecule has 1 aliphatic rings. The van der Waals surface area contributed by atoms with Crippen molar-refractivity contribution >= 4 is 12.0 Å². The van der Waals surface area contributed by atoms with Gasteiger partial charge in [0.05, 0.1) is 13.2 Å². The number of rotatable bonds is 5. The first kappa shape index (κ1) is 14.8. The molecule has 1 atom stereocenters. The number of carbonyl (C=O) groups is 1. The van der Waals surface area contributed by atoms with Gasteiger partial charge in [0.1, 0.15) is 25.7 Å². The molecule has 0 spiro atoms. The van der Waals surface area contributed by atoms with Crippen LogP contribution in [0.4, 0.5) is 0 Å². The number of benzene rings is 1.